The Morgan fingerprint density at radius 3 is 2.44 bits per heavy atom. The van der Waals surface area contributed by atoms with E-state index in [0.29, 0.717) is 12.5 Å². The van der Waals surface area contributed by atoms with E-state index in [4.69, 9.17) is 10.5 Å². The van der Waals surface area contributed by atoms with Gasteiger partial charge in [-0.05, 0) is 33.1 Å². The van der Waals surface area contributed by atoms with Crippen LogP contribution in [0.3, 0.4) is 0 Å². The highest BCUT2D eigenvalue weighted by atomic mass is 16.6. The number of nitrogens with two attached hydrogens (primary N) is 1. The fraction of sp³-hybridized carbons (Fsp3) is 0.929. The predicted molar refractivity (Wildman–Crippen MR) is 73.4 cm³/mol. The molecular formula is C14H28N2O2. The second-order valence-corrected chi connectivity index (χ2v) is 6.38. The zero-order chi connectivity index (χ0) is 13.6. The quantitative estimate of drug-likeness (QED) is 0.813. The van der Waals surface area contributed by atoms with Crippen LogP contribution >= 0.6 is 0 Å². The van der Waals surface area contributed by atoms with Crippen molar-refractivity contribution in [2.75, 3.05) is 6.54 Å². The number of nitrogens with one attached hydrogen (secondary N) is 1. The van der Waals surface area contributed by atoms with Crippen molar-refractivity contribution >= 4 is 6.09 Å². The molecule has 4 heteroatoms. The molecule has 3 N–H and O–H groups in total. The zero-order valence-electron chi connectivity index (χ0n) is 12.0. The Morgan fingerprint density at radius 2 is 1.94 bits per heavy atom. The summed E-state index contributed by atoms with van der Waals surface area (Å²) in [7, 11) is 0. The van der Waals surface area contributed by atoms with Crippen molar-refractivity contribution in [1.82, 2.24) is 5.32 Å². The smallest absolute Gasteiger partial charge is 0.407 e. The molecule has 1 aliphatic carbocycles. The van der Waals surface area contributed by atoms with Crippen LogP contribution in [-0.4, -0.2) is 24.3 Å². The van der Waals surface area contributed by atoms with E-state index < -0.39 is 0 Å². The average molecular weight is 256 g/mol. The molecule has 18 heavy (non-hydrogen) atoms. The molecule has 0 heterocycles. The van der Waals surface area contributed by atoms with Crippen molar-refractivity contribution in [3.05, 3.63) is 0 Å². The fourth-order valence-electron chi connectivity index (χ4n) is 2.47. The monoisotopic (exact) mass is 256 g/mol. The molecule has 1 rings (SSSR count). The number of alkyl carbamates (subject to hydrolysis) is 1. The lowest BCUT2D eigenvalue weighted by atomic mass is 9.85. The van der Waals surface area contributed by atoms with Crippen molar-refractivity contribution in [2.24, 2.45) is 11.7 Å². The highest BCUT2D eigenvalue weighted by molar-refractivity contribution is 5.68. The molecule has 0 aromatic heterocycles. The summed E-state index contributed by atoms with van der Waals surface area (Å²) < 4.78 is 5.40. The van der Waals surface area contributed by atoms with Gasteiger partial charge in [0.2, 0.25) is 0 Å². The molecule has 1 fully saturated rings. The molecule has 0 saturated heterocycles. The number of hydrogen-bond acceptors (Lipinski definition) is 3. The molecule has 1 atom stereocenters. The molecule has 1 amide bonds. The molecule has 106 valence electrons. The van der Waals surface area contributed by atoms with Gasteiger partial charge in [-0.2, -0.15) is 0 Å². The second kappa shape index (κ2) is 6.98. The van der Waals surface area contributed by atoms with Gasteiger partial charge in [0.15, 0.2) is 0 Å². The highest BCUT2D eigenvalue weighted by Crippen LogP contribution is 2.27. The van der Waals surface area contributed by atoms with E-state index in [9.17, 15) is 4.79 Å². The first-order valence-electron chi connectivity index (χ1n) is 7.09. The summed E-state index contributed by atoms with van der Waals surface area (Å²) in [5, 5.41) is 2.80. The van der Waals surface area contributed by atoms with Crippen LogP contribution in [0.1, 0.15) is 59.3 Å². The average Bonchev–Trinajstić information content (AvgIpc) is 2.27. The van der Waals surface area contributed by atoms with Crippen molar-refractivity contribution in [2.45, 2.75) is 70.9 Å². The molecule has 0 radical (unpaired) electrons. The van der Waals surface area contributed by atoms with Gasteiger partial charge in [0.1, 0.15) is 6.10 Å². The highest BCUT2D eigenvalue weighted by Gasteiger charge is 2.22. The minimum atomic E-state index is -0.353. The van der Waals surface area contributed by atoms with Crippen LogP contribution in [-0.2, 0) is 4.74 Å². The summed E-state index contributed by atoms with van der Waals surface area (Å²) in [6, 6.07) is 0. The maximum absolute atomic E-state index is 11.7. The third-order valence-corrected chi connectivity index (χ3v) is 3.33. The van der Waals surface area contributed by atoms with Gasteiger partial charge in [0.25, 0.3) is 0 Å². The summed E-state index contributed by atoms with van der Waals surface area (Å²) >= 11 is 0. The Bertz CT molecular complexity index is 255. The second-order valence-electron chi connectivity index (χ2n) is 6.38. The van der Waals surface area contributed by atoms with Crippen LogP contribution in [0.4, 0.5) is 4.79 Å². The summed E-state index contributed by atoms with van der Waals surface area (Å²) in [6.07, 6.45) is 6.86. The van der Waals surface area contributed by atoms with Crippen molar-refractivity contribution in [3.63, 3.8) is 0 Å². The van der Waals surface area contributed by atoms with E-state index in [-0.39, 0.29) is 17.7 Å². The van der Waals surface area contributed by atoms with E-state index in [2.05, 4.69) is 5.32 Å². The lowest BCUT2D eigenvalue weighted by Gasteiger charge is -2.27. The van der Waals surface area contributed by atoms with Crippen molar-refractivity contribution < 1.29 is 9.53 Å². The largest absolute Gasteiger partial charge is 0.445 e. The van der Waals surface area contributed by atoms with Gasteiger partial charge in [0, 0.05) is 12.1 Å². The van der Waals surface area contributed by atoms with Crippen molar-refractivity contribution in [3.8, 4) is 0 Å². The summed E-state index contributed by atoms with van der Waals surface area (Å²) in [6.45, 7) is 6.22. The lowest BCUT2D eigenvalue weighted by Crippen LogP contribution is -2.43. The van der Waals surface area contributed by atoms with E-state index in [1.54, 1.807) is 0 Å². The Kier molecular flexibility index (Phi) is 5.93. The number of carbonyl (C=O) groups excluding carboxylic acids is 1. The van der Waals surface area contributed by atoms with Crippen molar-refractivity contribution in [1.29, 1.82) is 0 Å². The van der Waals surface area contributed by atoms with E-state index in [1.807, 2.05) is 20.8 Å². The number of amides is 1. The molecule has 0 aromatic rings. The summed E-state index contributed by atoms with van der Waals surface area (Å²) in [5.74, 6) is 0.676. The molecular weight excluding hydrogens is 228 g/mol. The van der Waals surface area contributed by atoms with Gasteiger partial charge in [-0.3, -0.25) is 0 Å². The van der Waals surface area contributed by atoms with Crippen LogP contribution < -0.4 is 11.1 Å². The topological polar surface area (TPSA) is 64.3 Å². The molecule has 0 bridgehead atoms. The Morgan fingerprint density at radius 1 is 1.33 bits per heavy atom. The summed E-state index contributed by atoms with van der Waals surface area (Å²) in [5.41, 5.74) is 5.43. The van der Waals surface area contributed by atoms with Crippen LogP contribution in [0.25, 0.3) is 0 Å². The number of carbonyl (C=O) groups is 1. The molecule has 0 aliphatic heterocycles. The minimum Gasteiger partial charge on any atom is -0.445 e. The Hall–Kier alpha value is -0.770. The molecule has 1 saturated carbocycles. The molecule has 0 aromatic carbocycles. The van der Waals surface area contributed by atoms with Crippen LogP contribution in [0, 0.1) is 5.92 Å². The van der Waals surface area contributed by atoms with Gasteiger partial charge >= 0.3 is 6.09 Å². The van der Waals surface area contributed by atoms with E-state index >= 15 is 0 Å². The number of ether oxygens (including phenoxy) is 1. The maximum Gasteiger partial charge on any atom is 0.407 e. The molecule has 0 spiro atoms. The molecule has 1 aliphatic rings. The van der Waals surface area contributed by atoms with E-state index in [0.717, 1.165) is 6.42 Å². The number of hydrogen-bond donors (Lipinski definition) is 2. The third-order valence-electron chi connectivity index (χ3n) is 3.33. The Labute approximate surface area is 111 Å². The van der Waals surface area contributed by atoms with Gasteiger partial charge in [-0.15, -0.1) is 0 Å². The Balaban J connectivity index is 2.34. The van der Waals surface area contributed by atoms with Gasteiger partial charge in [-0.1, -0.05) is 32.1 Å². The SMILES string of the molecule is CC(C)(C)NC(=O)O[C@H](CN)CC1CCCCC1. The number of rotatable bonds is 4. The maximum atomic E-state index is 11.7. The molecule has 4 nitrogen and oxygen atoms in total. The normalized spacial score (nSPS) is 19.3. The lowest BCUT2D eigenvalue weighted by molar-refractivity contribution is 0.0766. The van der Waals surface area contributed by atoms with Gasteiger partial charge in [0.05, 0.1) is 0 Å². The predicted octanol–water partition coefficient (Wildman–Crippen LogP) is 2.81. The van der Waals surface area contributed by atoms with Crippen LogP contribution in [0.2, 0.25) is 0 Å². The first-order valence-corrected chi connectivity index (χ1v) is 7.09. The van der Waals surface area contributed by atoms with Gasteiger partial charge in [-0.25, -0.2) is 4.79 Å². The molecule has 0 unspecified atom stereocenters. The van der Waals surface area contributed by atoms with Crippen LogP contribution in [0.5, 0.6) is 0 Å². The fourth-order valence-corrected chi connectivity index (χ4v) is 2.47. The van der Waals surface area contributed by atoms with Crippen LogP contribution in [0.15, 0.2) is 0 Å². The standard InChI is InChI=1S/C14H28N2O2/c1-14(2,3)16-13(17)18-12(10-15)9-11-7-5-4-6-8-11/h11-12H,4-10,15H2,1-3H3,(H,16,17)/t12-/m0/s1. The summed E-state index contributed by atoms with van der Waals surface area (Å²) in [4.78, 5) is 11.7. The first kappa shape index (κ1) is 15.3. The van der Waals surface area contributed by atoms with E-state index in [1.165, 1.54) is 32.1 Å². The zero-order valence-corrected chi connectivity index (χ0v) is 12.0. The third kappa shape index (κ3) is 6.24. The minimum absolute atomic E-state index is 0.143. The first-order chi connectivity index (χ1) is 8.40. The van der Waals surface area contributed by atoms with Gasteiger partial charge < -0.3 is 15.8 Å².